The van der Waals surface area contributed by atoms with E-state index in [9.17, 15) is 9.90 Å². The van der Waals surface area contributed by atoms with E-state index in [1.807, 2.05) is 19.9 Å². The van der Waals surface area contributed by atoms with Crippen molar-refractivity contribution in [1.29, 1.82) is 0 Å². The van der Waals surface area contributed by atoms with Crippen LogP contribution in [0.5, 0.6) is 0 Å². The average molecular weight is 265 g/mol. The molecule has 1 N–H and O–H groups in total. The first-order valence-corrected chi connectivity index (χ1v) is 5.85. The standard InChI is InChI=1S/C13H13ClN2O2/c1-7-4-5-11(10(6-7)13(17)18)16-9(3)12(14)8(2)15-16/h4-6H,1-3H3,(H,17,18). The highest BCUT2D eigenvalue weighted by molar-refractivity contribution is 6.31. The molecular weight excluding hydrogens is 252 g/mol. The Bertz CT molecular complexity index is 632. The molecule has 0 spiro atoms. The van der Waals surface area contributed by atoms with Gasteiger partial charge in [0.05, 0.1) is 27.7 Å². The van der Waals surface area contributed by atoms with Crippen LogP contribution in [-0.2, 0) is 0 Å². The summed E-state index contributed by atoms with van der Waals surface area (Å²) in [6, 6.07) is 5.22. The van der Waals surface area contributed by atoms with Gasteiger partial charge in [-0.3, -0.25) is 0 Å². The molecule has 18 heavy (non-hydrogen) atoms. The van der Waals surface area contributed by atoms with Crippen molar-refractivity contribution in [2.45, 2.75) is 20.8 Å². The van der Waals surface area contributed by atoms with Gasteiger partial charge in [-0.05, 0) is 32.9 Å². The largest absolute Gasteiger partial charge is 0.478 e. The van der Waals surface area contributed by atoms with Gasteiger partial charge in [-0.1, -0.05) is 23.2 Å². The van der Waals surface area contributed by atoms with Gasteiger partial charge < -0.3 is 5.11 Å². The summed E-state index contributed by atoms with van der Waals surface area (Å²) in [7, 11) is 0. The van der Waals surface area contributed by atoms with Gasteiger partial charge >= 0.3 is 5.97 Å². The normalized spacial score (nSPS) is 10.7. The van der Waals surface area contributed by atoms with Crippen molar-refractivity contribution in [3.05, 3.63) is 45.7 Å². The Morgan fingerprint density at radius 3 is 2.50 bits per heavy atom. The molecule has 1 aromatic carbocycles. The molecule has 0 saturated heterocycles. The topological polar surface area (TPSA) is 55.1 Å². The number of benzene rings is 1. The van der Waals surface area contributed by atoms with E-state index in [2.05, 4.69) is 5.10 Å². The van der Waals surface area contributed by atoms with Crippen molar-refractivity contribution in [1.82, 2.24) is 9.78 Å². The lowest BCUT2D eigenvalue weighted by molar-refractivity contribution is 0.0696. The first kappa shape index (κ1) is 12.6. The predicted molar refractivity (Wildman–Crippen MR) is 69.7 cm³/mol. The molecule has 0 aliphatic carbocycles. The number of rotatable bonds is 2. The van der Waals surface area contributed by atoms with E-state index in [4.69, 9.17) is 11.6 Å². The van der Waals surface area contributed by atoms with E-state index < -0.39 is 5.97 Å². The number of aromatic nitrogens is 2. The lowest BCUT2D eigenvalue weighted by atomic mass is 10.1. The van der Waals surface area contributed by atoms with Crippen molar-refractivity contribution in [2.75, 3.05) is 0 Å². The van der Waals surface area contributed by atoms with Crippen LogP contribution in [0.15, 0.2) is 18.2 Å². The Labute approximate surface area is 110 Å². The molecule has 0 unspecified atom stereocenters. The number of hydrogen-bond acceptors (Lipinski definition) is 2. The van der Waals surface area contributed by atoms with Gasteiger partial charge in [0, 0.05) is 0 Å². The summed E-state index contributed by atoms with van der Waals surface area (Å²) < 4.78 is 1.57. The number of aryl methyl sites for hydroxylation is 2. The number of carboxylic acid groups (broad SMARTS) is 1. The summed E-state index contributed by atoms with van der Waals surface area (Å²) in [5.41, 5.74) is 3.06. The van der Waals surface area contributed by atoms with Crippen molar-refractivity contribution in [3.63, 3.8) is 0 Å². The summed E-state index contributed by atoms with van der Waals surface area (Å²) in [6.07, 6.45) is 0. The first-order valence-electron chi connectivity index (χ1n) is 5.48. The second-order valence-electron chi connectivity index (χ2n) is 4.22. The first-order chi connectivity index (χ1) is 8.41. The van der Waals surface area contributed by atoms with Crippen molar-refractivity contribution < 1.29 is 9.90 Å². The average Bonchev–Trinajstić information content (AvgIpc) is 2.57. The fraction of sp³-hybridized carbons (Fsp3) is 0.231. The number of carboxylic acids is 1. The van der Waals surface area contributed by atoms with E-state index >= 15 is 0 Å². The van der Waals surface area contributed by atoms with Gasteiger partial charge in [0.15, 0.2) is 0 Å². The summed E-state index contributed by atoms with van der Waals surface area (Å²) in [4.78, 5) is 11.3. The SMILES string of the molecule is Cc1ccc(-n2nc(C)c(Cl)c2C)c(C(=O)O)c1. The molecular formula is C13H13ClN2O2. The summed E-state index contributed by atoms with van der Waals surface area (Å²) >= 11 is 6.08. The monoisotopic (exact) mass is 264 g/mol. The number of aromatic carboxylic acids is 1. The highest BCUT2D eigenvalue weighted by Crippen LogP contribution is 2.24. The molecule has 2 aromatic rings. The maximum absolute atomic E-state index is 11.3. The van der Waals surface area contributed by atoms with E-state index in [1.165, 1.54) is 0 Å². The third-order valence-corrected chi connectivity index (χ3v) is 3.36. The summed E-state index contributed by atoms with van der Waals surface area (Å²) in [5.74, 6) is -0.975. The minimum atomic E-state index is -0.975. The van der Waals surface area contributed by atoms with Crippen LogP contribution in [0.2, 0.25) is 5.02 Å². The van der Waals surface area contributed by atoms with Gasteiger partial charge in [0.25, 0.3) is 0 Å². The highest BCUT2D eigenvalue weighted by atomic mass is 35.5. The zero-order chi connectivity index (χ0) is 13.4. The molecule has 0 saturated carbocycles. The van der Waals surface area contributed by atoms with Crippen LogP contribution in [0.4, 0.5) is 0 Å². The summed E-state index contributed by atoms with van der Waals surface area (Å²) in [5, 5.41) is 14.1. The Morgan fingerprint density at radius 1 is 1.33 bits per heavy atom. The lowest BCUT2D eigenvalue weighted by Crippen LogP contribution is -2.08. The maximum Gasteiger partial charge on any atom is 0.337 e. The van der Waals surface area contributed by atoms with Crippen LogP contribution in [-0.4, -0.2) is 20.9 Å². The van der Waals surface area contributed by atoms with Crippen LogP contribution < -0.4 is 0 Å². The van der Waals surface area contributed by atoms with E-state index in [0.717, 1.165) is 11.3 Å². The zero-order valence-corrected chi connectivity index (χ0v) is 11.1. The molecule has 0 amide bonds. The molecule has 0 atom stereocenters. The van der Waals surface area contributed by atoms with Gasteiger partial charge in [-0.2, -0.15) is 5.10 Å². The molecule has 94 valence electrons. The fourth-order valence-electron chi connectivity index (χ4n) is 1.86. The second kappa shape index (κ2) is 4.46. The lowest BCUT2D eigenvalue weighted by Gasteiger charge is -2.09. The maximum atomic E-state index is 11.3. The van der Waals surface area contributed by atoms with Crippen LogP contribution in [0.1, 0.15) is 27.3 Å². The fourth-order valence-corrected chi connectivity index (χ4v) is 1.98. The predicted octanol–water partition coefficient (Wildman–Crippen LogP) is 3.15. The van der Waals surface area contributed by atoms with Gasteiger partial charge in [-0.15, -0.1) is 0 Å². The Balaban J connectivity index is 2.71. The molecule has 2 rings (SSSR count). The van der Waals surface area contributed by atoms with E-state index in [0.29, 0.717) is 16.4 Å². The molecule has 0 aliphatic heterocycles. The summed E-state index contributed by atoms with van der Waals surface area (Å²) in [6.45, 7) is 5.46. The Kier molecular flexibility index (Phi) is 3.13. The van der Waals surface area contributed by atoms with Gasteiger partial charge in [-0.25, -0.2) is 9.48 Å². The number of halogens is 1. The highest BCUT2D eigenvalue weighted by Gasteiger charge is 2.17. The number of nitrogens with zero attached hydrogens (tertiary/aromatic N) is 2. The van der Waals surface area contributed by atoms with Crippen molar-refractivity contribution >= 4 is 17.6 Å². The minimum absolute atomic E-state index is 0.220. The molecule has 4 nitrogen and oxygen atoms in total. The van der Waals surface area contributed by atoms with Crippen molar-refractivity contribution in [2.24, 2.45) is 0 Å². The molecule has 1 heterocycles. The molecule has 0 radical (unpaired) electrons. The zero-order valence-electron chi connectivity index (χ0n) is 10.4. The molecule has 0 fully saturated rings. The number of hydrogen-bond donors (Lipinski definition) is 1. The van der Waals surface area contributed by atoms with Crippen LogP contribution >= 0.6 is 11.6 Å². The van der Waals surface area contributed by atoms with E-state index in [-0.39, 0.29) is 5.56 Å². The Hall–Kier alpha value is -1.81. The molecule has 1 aromatic heterocycles. The molecule has 0 aliphatic rings. The van der Waals surface area contributed by atoms with Crippen LogP contribution in [0.25, 0.3) is 5.69 Å². The van der Waals surface area contributed by atoms with Gasteiger partial charge in [0.1, 0.15) is 0 Å². The van der Waals surface area contributed by atoms with Crippen molar-refractivity contribution in [3.8, 4) is 5.69 Å². The third kappa shape index (κ3) is 1.99. The Morgan fingerprint density at radius 2 is 2.00 bits per heavy atom. The minimum Gasteiger partial charge on any atom is -0.478 e. The van der Waals surface area contributed by atoms with E-state index in [1.54, 1.807) is 23.7 Å². The molecule has 5 heteroatoms. The quantitative estimate of drug-likeness (QED) is 0.907. The molecule has 0 bridgehead atoms. The van der Waals surface area contributed by atoms with Crippen LogP contribution in [0, 0.1) is 20.8 Å². The third-order valence-electron chi connectivity index (χ3n) is 2.81. The van der Waals surface area contributed by atoms with Crippen LogP contribution in [0.3, 0.4) is 0 Å². The number of carbonyl (C=O) groups is 1. The smallest absolute Gasteiger partial charge is 0.337 e. The second-order valence-corrected chi connectivity index (χ2v) is 4.60. The van der Waals surface area contributed by atoms with Gasteiger partial charge in [0.2, 0.25) is 0 Å².